The largest absolute Gasteiger partial charge is 0.473 e. The second-order valence-electron chi connectivity index (χ2n) is 4.89. The first-order chi connectivity index (χ1) is 9.54. The van der Waals surface area contributed by atoms with E-state index in [4.69, 9.17) is 21.1 Å². The number of hydrogen-bond acceptors (Lipinski definition) is 3. The molecule has 1 aromatic rings. The van der Waals surface area contributed by atoms with E-state index >= 15 is 0 Å². The molecule has 1 saturated heterocycles. The second-order valence-corrected chi connectivity index (χ2v) is 5.32. The zero-order chi connectivity index (χ0) is 14.5. The van der Waals surface area contributed by atoms with Crippen molar-refractivity contribution in [1.82, 2.24) is 10.2 Å². The topological polar surface area (TPSA) is 50.8 Å². The van der Waals surface area contributed by atoms with Gasteiger partial charge in [0, 0.05) is 18.1 Å². The Balaban J connectivity index is 1.76. The normalized spacial score (nSPS) is 22.4. The maximum atomic E-state index is 12.0. The van der Waals surface area contributed by atoms with Gasteiger partial charge < -0.3 is 19.7 Å². The quantitative estimate of drug-likeness (QED) is 0.872. The Kier molecular flexibility index (Phi) is 5.09. The summed E-state index contributed by atoms with van der Waals surface area (Å²) in [7, 11) is 0. The Morgan fingerprint density at radius 2 is 1.95 bits per heavy atom. The van der Waals surface area contributed by atoms with E-state index in [1.165, 1.54) is 0 Å². The molecule has 20 heavy (non-hydrogen) atoms. The molecule has 0 radical (unpaired) electrons. The highest BCUT2D eigenvalue weighted by atomic mass is 35.5. The molecule has 0 aromatic heterocycles. The fourth-order valence-electron chi connectivity index (χ4n) is 2.17. The van der Waals surface area contributed by atoms with Crippen molar-refractivity contribution in [2.24, 2.45) is 0 Å². The van der Waals surface area contributed by atoms with Gasteiger partial charge in [0.15, 0.2) is 6.73 Å². The molecule has 0 bridgehead atoms. The van der Waals surface area contributed by atoms with Crippen LogP contribution >= 0.6 is 11.6 Å². The number of ether oxygens (including phenoxy) is 2. The van der Waals surface area contributed by atoms with Gasteiger partial charge in [0.25, 0.3) is 0 Å². The molecule has 1 aromatic carbocycles. The third-order valence-corrected chi connectivity index (χ3v) is 3.23. The molecule has 2 unspecified atom stereocenters. The van der Waals surface area contributed by atoms with Crippen molar-refractivity contribution >= 4 is 17.6 Å². The van der Waals surface area contributed by atoms with Gasteiger partial charge in [-0.2, -0.15) is 0 Å². The van der Waals surface area contributed by atoms with Crippen molar-refractivity contribution in [2.75, 3.05) is 19.8 Å². The zero-order valence-corrected chi connectivity index (χ0v) is 12.4. The van der Waals surface area contributed by atoms with Gasteiger partial charge in [-0.1, -0.05) is 11.6 Å². The van der Waals surface area contributed by atoms with E-state index in [-0.39, 0.29) is 25.0 Å². The van der Waals surface area contributed by atoms with Crippen molar-refractivity contribution in [2.45, 2.75) is 26.1 Å². The molecule has 0 aliphatic carbocycles. The fraction of sp³-hybridized carbons (Fsp3) is 0.500. The smallest absolute Gasteiger partial charge is 0.320 e. The molecule has 2 atom stereocenters. The van der Waals surface area contributed by atoms with Crippen LogP contribution in [0, 0.1) is 0 Å². The molecule has 6 heteroatoms. The highest BCUT2D eigenvalue weighted by Crippen LogP contribution is 2.15. The first kappa shape index (κ1) is 14.9. The average molecular weight is 299 g/mol. The number of morpholine rings is 1. The molecule has 110 valence electrons. The van der Waals surface area contributed by atoms with Crippen LogP contribution < -0.4 is 10.1 Å². The summed E-state index contributed by atoms with van der Waals surface area (Å²) < 4.78 is 11.0. The van der Waals surface area contributed by atoms with Gasteiger partial charge in [-0.25, -0.2) is 4.79 Å². The maximum Gasteiger partial charge on any atom is 0.320 e. The molecular formula is C14H19ClN2O3. The van der Waals surface area contributed by atoms with Crippen molar-refractivity contribution in [1.29, 1.82) is 0 Å². The summed E-state index contributed by atoms with van der Waals surface area (Å²) in [5.74, 6) is 0.665. The molecule has 2 rings (SSSR count). The predicted octanol–water partition coefficient (Wildman–Crippen LogP) is 2.50. The highest BCUT2D eigenvalue weighted by Gasteiger charge is 2.25. The molecule has 1 heterocycles. The van der Waals surface area contributed by atoms with E-state index in [2.05, 4.69) is 5.32 Å². The third-order valence-electron chi connectivity index (χ3n) is 2.98. The molecular weight excluding hydrogens is 280 g/mol. The minimum absolute atomic E-state index is 0.0571. The number of rotatable bonds is 3. The third kappa shape index (κ3) is 4.28. The summed E-state index contributed by atoms with van der Waals surface area (Å²) in [5.41, 5.74) is 0. The van der Waals surface area contributed by atoms with Gasteiger partial charge in [-0.3, -0.25) is 0 Å². The van der Waals surface area contributed by atoms with Gasteiger partial charge in [0.1, 0.15) is 5.75 Å². The zero-order valence-electron chi connectivity index (χ0n) is 11.6. The lowest BCUT2D eigenvalue weighted by molar-refractivity contribution is -0.0548. The van der Waals surface area contributed by atoms with Crippen LogP contribution in [0.15, 0.2) is 24.3 Å². The van der Waals surface area contributed by atoms with Crippen molar-refractivity contribution in [3.8, 4) is 5.75 Å². The number of carbonyl (C=O) groups is 1. The monoisotopic (exact) mass is 298 g/mol. The minimum Gasteiger partial charge on any atom is -0.473 e. The van der Waals surface area contributed by atoms with Crippen LogP contribution in [0.4, 0.5) is 4.79 Å². The molecule has 5 nitrogen and oxygen atoms in total. The molecule has 0 spiro atoms. The van der Waals surface area contributed by atoms with E-state index in [9.17, 15) is 4.79 Å². The number of nitrogens with one attached hydrogen (secondary N) is 1. The van der Waals surface area contributed by atoms with E-state index in [0.29, 0.717) is 23.9 Å². The van der Waals surface area contributed by atoms with E-state index < -0.39 is 0 Å². The molecule has 1 aliphatic rings. The SMILES string of the molecule is CC1CN(C(=O)NCOc2ccc(Cl)cc2)CC(C)O1. The Morgan fingerprint density at radius 3 is 2.55 bits per heavy atom. The number of urea groups is 1. The van der Waals surface area contributed by atoms with Crippen LogP contribution in [-0.2, 0) is 4.74 Å². The lowest BCUT2D eigenvalue weighted by atomic mass is 10.2. The molecule has 0 saturated carbocycles. The fourth-order valence-corrected chi connectivity index (χ4v) is 2.29. The summed E-state index contributed by atoms with van der Waals surface area (Å²) in [6.45, 7) is 5.23. The number of amides is 2. The standard InChI is InChI=1S/C14H19ClN2O3/c1-10-7-17(8-11(2)20-10)14(18)16-9-19-13-5-3-12(15)4-6-13/h3-6,10-11H,7-9H2,1-2H3,(H,16,18). The van der Waals surface area contributed by atoms with E-state index in [1.807, 2.05) is 13.8 Å². The Hall–Kier alpha value is -1.46. The summed E-state index contributed by atoms with van der Waals surface area (Å²) in [4.78, 5) is 13.7. The summed E-state index contributed by atoms with van der Waals surface area (Å²) in [6, 6.07) is 6.86. The molecule has 1 fully saturated rings. The maximum absolute atomic E-state index is 12.0. The van der Waals surface area contributed by atoms with Crippen LogP contribution in [0.25, 0.3) is 0 Å². The van der Waals surface area contributed by atoms with Crippen LogP contribution in [-0.4, -0.2) is 43.0 Å². The Labute approximate surface area is 123 Å². The first-order valence-electron chi connectivity index (χ1n) is 6.61. The van der Waals surface area contributed by atoms with Gasteiger partial charge in [-0.05, 0) is 38.1 Å². The number of halogens is 1. The van der Waals surface area contributed by atoms with Gasteiger partial charge in [0.05, 0.1) is 12.2 Å². The van der Waals surface area contributed by atoms with Gasteiger partial charge in [0.2, 0.25) is 0 Å². The lowest BCUT2D eigenvalue weighted by Crippen LogP contribution is -2.52. The van der Waals surface area contributed by atoms with Gasteiger partial charge >= 0.3 is 6.03 Å². The molecule has 2 amide bonds. The van der Waals surface area contributed by atoms with Crippen LogP contribution in [0.3, 0.4) is 0 Å². The van der Waals surface area contributed by atoms with Crippen LogP contribution in [0.5, 0.6) is 5.75 Å². The average Bonchev–Trinajstić information content (AvgIpc) is 2.40. The summed E-state index contributed by atoms with van der Waals surface area (Å²) >= 11 is 5.78. The van der Waals surface area contributed by atoms with Crippen molar-refractivity contribution in [3.05, 3.63) is 29.3 Å². The van der Waals surface area contributed by atoms with Crippen LogP contribution in [0.2, 0.25) is 5.02 Å². The molecule has 1 aliphatic heterocycles. The predicted molar refractivity (Wildman–Crippen MR) is 77.1 cm³/mol. The first-order valence-corrected chi connectivity index (χ1v) is 6.99. The minimum atomic E-state index is -0.138. The number of benzene rings is 1. The summed E-state index contributed by atoms with van der Waals surface area (Å²) in [5, 5.41) is 3.38. The lowest BCUT2D eigenvalue weighted by Gasteiger charge is -2.35. The number of nitrogens with zero attached hydrogens (tertiary/aromatic N) is 1. The number of hydrogen-bond donors (Lipinski definition) is 1. The van der Waals surface area contributed by atoms with Crippen molar-refractivity contribution < 1.29 is 14.3 Å². The Bertz CT molecular complexity index is 442. The second kappa shape index (κ2) is 6.81. The highest BCUT2D eigenvalue weighted by molar-refractivity contribution is 6.30. The number of carbonyl (C=O) groups excluding carboxylic acids is 1. The Morgan fingerprint density at radius 1 is 1.35 bits per heavy atom. The summed E-state index contributed by atoms with van der Waals surface area (Å²) in [6.07, 6.45) is 0.114. The van der Waals surface area contributed by atoms with E-state index in [1.54, 1.807) is 29.2 Å². The van der Waals surface area contributed by atoms with E-state index in [0.717, 1.165) is 0 Å². The van der Waals surface area contributed by atoms with Gasteiger partial charge in [-0.15, -0.1) is 0 Å². The van der Waals surface area contributed by atoms with Crippen molar-refractivity contribution in [3.63, 3.8) is 0 Å². The molecule has 1 N–H and O–H groups in total. The van der Waals surface area contributed by atoms with Crippen LogP contribution in [0.1, 0.15) is 13.8 Å².